The van der Waals surface area contributed by atoms with Crippen molar-refractivity contribution in [2.45, 2.75) is 26.2 Å². The van der Waals surface area contributed by atoms with Crippen LogP contribution < -0.4 is 0 Å². The highest BCUT2D eigenvalue weighted by Gasteiger charge is 2.28. The van der Waals surface area contributed by atoms with E-state index in [0.717, 1.165) is 5.56 Å². The Hall–Kier alpha value is -1.91. The van der Waals surface area contributed by atoms with Crippen LogP contribution in [0, 0.1) is 11.7 Å². The number of carboxylic acid groups (broad SMARTS) is 1. The lowest BCUT2D eigenvalue weighted by Crippen LogP contribution is -2.39. The quantitative estimate of drug-likeness (QED) is 0.865. The summed E-state index contributed by atoms with van der Waals surface area (Å²) in [5.74, 6) is -0.683. The molecule has 1 heterocycles. The van der Waals surface area contributed by atoms with Gasteiger partial charge in [-0.1, -0.05) is 13.0 Å². The first kappa shape index (κ1) is 14.5. The molecule has 108 valence electrons. The molecular formula is C15H18FNO3. The van der Waals surface area contributed by atoms with Crippen LogP contribution in [0.25, 0.3) is 0 Å². The summed E-state index contributed by atoms with van der Waals surface area (Å²) in [6.07, 6.45) is 0.737. The number of halogens is 1. The fourth-order valence-corrected chi connectivity index (χ4v) is 2.64. The molecule has 1 fully saturated rings. The molecule has 1 aromatic carbocycles. The minimum atomic E-state index is -0.948. The molecule has 1 amide bonds. The van der Waals surface area contributed by atoms with Gasteiger partial charge in [0.15, 0.2) is 5.78 Å². The smallest absolute Gasteiger partial charge is 0.407 e. The summed E-state index contributed by atoms with van der Waals surface area (Å²) in [6, 6.07) is 4.31. The van der Waals surface area contributed by atoms with Gasteiger partial charge in [0.25, 0.3) is 0 Å². The maximum atomic E-state index is 13.3. The number of Topliss-reactive ketones (excluding diaryl/α,β-unsaturated/α-hetero) is 1. The summed E-state index contributed by atoms with van der Waals surface area (Å²) in [5, 5.41) is 8.89. The zero-order valence-corrected chi connectivity index (χ0v) is 11.4. The molecule has 1 saturated heterocycles. The van der Waals surface area contributed by atoms with Gasteiger partial charge in [-0.25, -0.2) is 9.18 Å². The summed E-state index contributed by atoms with van der Waals surface area (Å²) in [4.78, 5) is 24.6. The highest BCUT2D eigenvalue weighted by Crippen LogP contribution is 2.24. The van der Waals surface area contributed by atoms with E-state index in [1.54, 1.807) is 6.07 Å². The van der Waals surface area contributed by atoms with Crippen molar-refractivity contribution in [1.82, 2.24) is 4.90 Å². The standard InChI is InChI=1S/C15H18FNO3/c1-2-10-3-4-12(16)9-13(10)14(18)11-5-7-17(8-6-11)15(19)20/h3-4,9,11H,2,5-8H2,1H3,(H,19,20). The molecule has 0 atom stereocenters. The molecule has 0 unspecified atom stereocenters. The van der Waals surface area contributed by atoms with Crippen molar-refractivity contribution in [3.63, 3.8) is 0 Å². The van der Waals surface area contributed by atoms with Crippen LogP contribution in [-0.4, -0.2) is 35.0 Å². The van der Waals surface area contributed by atoms with E-state index in [1.165, 1.54) is 17.0 Å². The second-order valence-electron chi connectivity index (χ2n) is 5.06. The molecule has 0 aromatic heterocycles. The Balaban J connectivity index is 2.13. The second kappa shape index (κ2) is 6.03. The summed E-state index contributed by atoms with van der Waals surface area (Å²) in [5.41, 5.74) is 1.29. The van der Waals surface area contributed by atoms with E-state index in [4.69, 9.17) is 5.11 Å². The van der Waals surface area contributed by atoms with Crippen molar-refractivity contribution in [2.24, 2.45) is 5.92 Å². The van der Waals surface area contributed by atoms with Gasteiger partial charge >= 0.3 is 6.09 Å². The molecule has 1 N–H and O–H groups in total. The maximum Gasteiger partial charge on any atom is 0.407 e. The third-order valence-corrected chi connectivity index (χ3v) is 3.85. The van der Waals surface area contributed by atoms with E-state index >= 15 is 0 Å². The second-order valence-corrected chi connectivity index (χ2v) is 5.06. The summed E-state index contributed by atoms with van der Waals surface area (Å²) in [6.45, 7) is 2.65. The number of carbonyl (C=O) groups is 2. The van der Waals surface area contributed by atoms with Gasteiger partial charge in [0.2, 0.25) is 0 Å². The average Bonchev–Trinajstić information content (AvgIpc) is 2.46. The Morgan fingerprint density at radius 2 is 2.00 bits per heavy atom. The van der Waals surface area contributed by atoms with Gasteiger partial charge < -0.3 is 10.0 Å². The molecule has 1 aliphatic heterocycles. The van der Waals surface area contributed by atoms with Crippen molar-refractivity contribution in [2.75, 3.05) is 13.1 Å². The van der Waals surface area contributed by atoms with Crippen LogP contribution in [0.1, 0.15) is 35.7 Å². The fraction of sp³-hybridized carbons (Fsp3) is 0.467. The van der Waals surface area contributed by atoms with E-state index in [-0.39, 0.29) is 11.7 Å². The number of likely N-dealkylation sites (tertiary alicyclic amines) is 1. The van der Waals surface area contributed by atoms with Gasteiger partial charge in [0, 0.05) is 24.6 Å². The molecule has 4 nitrogen and oxygen atoms in total. The molecular weight excluding hydrogens is 261 g/mol. The molecule has 1 aromatic rings. The number of carbonyl (C=O) groups excluding carboxylic acids is 1. The van der Waals surface area contributed by atoms with Gasteiger partial charge in [-0.15, -0.1) is 0 Å². The first-order chi connectivity index (χ1) is 9.52. The Kier molecular flexibility index (Phi) is 4.37. The highest BCUT2D eigenvalue weighted by atomic mass is 19.1. The minimum absolute atomic E-state index is 0.0635. The maximum absolute atomic E-state index is 13.3. The third kappa shape index (κ3) is 2.98. The number of benzene rings is 1. The van der Waals surface area contributed by atoms with Gasteiger partial charge in [-0.3, -0.25) is 4.79 Å². The fourth-order valence-electron chi connectivity index (χ4n) is 2.64. The van der Waals surface area contributed by atoms with Crippen molar-refractivity contribution in [1.29, 1.82) is 0 Å². The first-order valence-corrected chi connectivity index (χ1v) is 6.83. The van der Waals surface area contributed by atoms with Crippen LogP contribution in [0.15, 0.2) is 18.2 Å². The van der Waals surface area contributed by atoms with E-state index in [0.29, 0.717) is 37.9 Å². The summed E-state index contributed by atoms with van der Waals surface area (Å²) >= 11 is 0. The topological polar surface area (TPSA) is 57.6 Å². The van der Waals surface area contributed by atoms with Crippen molar-refractivity contribution >= 4 is 11.9 Å². The van der Waals surface area contributed by atoms with Gasteiger partial charge in [-0.2, -0.15) is 0 Å². The SMILES string of the molecule is CCc1ccc(F)cc1C(=O)C1CCN(C(=O)O)CC1. The van der Waals surface area contributed by atoms with E-state index in [1.807, 2.05) is 6.92 Å². The van der Waals surface area contributed by atoms with E-state index in [9.17, 15) is 14.0 Å². The van der Waals surface area contributed by atoms with Crippen molar-refractivity contribution in [3.8, 4) is 0 Å². The molecule has 1 aliphatic rings. The predicted octanol–water partition coefficient (Wildman–Crippen LogP) is 2.96. The predicted molar refractivity (Wildman–Crippen MR) is 72.4 cm³/mol. The molecule has 20 heavy (non-hydrogen) atoms. The Morgan fingerprint density at radius 1 is 1.35 bits per heavy atom. The van der Waals surface area contributed by atoms with E-state index < -0.39 is 11.9 Å². The molecule has 5 heteroatoms. The molecule has 0 spiro atoms. The first-order valence-electron chi connectivity index (χ1n) is 6.83. The zero-order chi connectivity index (χ0) is 14.7. The van der Waals surface area contributed by atoms with Crippen molar-refractivity contribution < 1.29 is 19.1 Å². The number of piperidine rings is 1. The lowest BCUT2D eigenvalue weighted by atomic mass is 9.86. The molecule has 0 saturated carbocycles. The number of nitrogens with zero attached hydrogens (tertiary/aromatic N) is 1. The molecule has 0 bridgehead atoms. The van der Waals surface area contributed by atoms with E-state index in [2.05, 4.69) is 0 Å². The summed E-state index contributed by atoms with van der Waals surface area (Å²) in [7, 11) is 0. The highest BCUT2D eigenvalue weighted by molar-refractivity contribution is 5.99. The molecule has 2 rings (SSSR count). The van der Waals surface area contributed by atoms with Crippen LogP contribution >= 0.6 is 0 Å². The number of hydrogen-bond acceptors (Lipinski definition) is 2. The largest absolute Gasteiger partial charge is 0.465 e. The van der Waals surface area contributed by atoms with Crippen LogP contribution in [-0.2, 0) is 6.42 Å². The van der Waals surface area contributed by atoms with Crippen LogP contribution in [0.5, 0.6) is 0 Å². The monoisotopic (exact) mass is 279 g/mol. The Morgan fingerprint density at radius 3 is 2.55 bits per heavy atom. The third-order valence-electron chi connectivity index (χ3n) is 3.85. The normalized spacial score (nSPS) is 16.2. The van der Waals surface area contributed by atoms with Gasteiger partial charge in [-0.05, 0) is 37.0 Å². The minimum Gasteiger partial charge on any atom is -0.465 e. The Labute approximate surface area is 117 Å². The number of hydrogen-bond donors (Lipinski definition) is 1. The zero-order valence-electron chi connectivity index (χ0n) is 11.4. The Bertz CT molecular complexity index is 522. The number of ketones is 1. The molecule has 0 aliphatic carbocycles. The molecule has 0 radical (unpaired) electrons. The lowest BCUT2D eigenvalue weighted by molar-refractivity contribution is 0.0820. The van der Waals surface area contributed by atoms with Crippen molar-refractivity contribution in [3.05, 3.63) is 35.1 Å². The van der Waals surface area contributed by atoms with Gasteiger partial charge in [0.05, 0.1) is 0 Å². The number of aryl methyl sites for hydroxylation is 1. The average molecular weight is 279 g/mol. The van der Waals surface area contributed by atoms with Crippen LogP contribution in [0.2, 0.25) is 0 Å². The van der Waals surface area contributed by atoms with Crippen LogP contribution in [0.3, 0.4) is 0 Å². The lowest BCUT2D eigenvalue weighted by Gasteiger charge is -2.29. The number of rotatable bonds is 3. The van der Waals surface area contributed by atoms with Crippen LogP contribution in [0.4, 0.5) is 9.18 Å². The van der Waals surface area contributed by atoms with Gasteiger partial charge in [0.1, 0.15) is 5.82 Å². The number of amides is 1. The summed E-state index contributed by atoms with van der Waals surface area (Å²) < 4.78 is 13.3.